The number of nitrogens with zero attached hydrogens (tertiary/aromatic N) is 2. The highest BCUT2D eigenvalue weighted by atomic mass is 16.5. The number of benzene rings is 1. The van der Waals surface area contributed by atoms with E-state index in [0.29, 0.717) is 18.0 Å². The van der Waals surface area contributed by atoms with Gasteiger partial charge in [0.2, 0.25) is 5.88 Å². The Labute approximate surface area is 156 Å². The van der Waals surface area contributed by atoms with Crippen molar-refractivity contribution < 1.29 is 9.47 Å². The third-order valence-corrected chi connectivity index (χ3v) is 5.88. The zero-order valence-corrected chi connectivity index (χ0v) is 16.0. The van der Waals surface area contributed by atoms with Crippen LogP contribution in [0.15, 0.2) is 30.3 Å². The maximum atomic E-state index is 5.61. The Kier molecular flexibility index (Phi) is 4.96. The summed E-state index contributed by atoms with van der Waals surface area (Å²) in [5, 5.41) is 0. The van der Waals surface area contributed by atoms with Gasteiger partial charge in [-0.05, 0) is 55.9 Å². The van der Waals surface area contributed by atoms with Gasteiger partial charge in [-0.25, -0.2) is 4.98 Å². The second-order valence-electron chi connectivity index (χ2n) is 7.53. The van der Waals surface area contributed by atoms with Crippen LogP contribution in [-0.2, 0) is 17.6 Å². The predicted octanol–water partition coefficient (Wildman–Crippen LogP) is 3.64. The number of methoxy groups -OCH3 is 1. The quantitative estimate of drug-likeness (QED) is 0.845. The highest BCUT2D eigenvalue weighted by Crippen LogP contribution is 2.31. The molecule has 1 aliphatic heterocycles. The molecule has 4 rings (SSSR count). The van der Waals surface area contributed by atoms with Gasteiger partial charge < -0.3 is 9.47 Å². The Balaban J connectivity index is 1.56. The van der Waals surface area contributed by atoms with Crippen LogP contribution in [0.25, 0.3) is 11.1 Å². The van der Waals surface area contributed by atoms with E-state index in [1.165, 1.54) is 28.7 Å². The number of hydrogen-bond donors (Lipinski definition) is 0. The molecule has 2 aromatic rings. The average Bonchev–Trinajstić information content (AvgIpc) is 2.67. The Morgan fingerprint density at radius 3 is 2.85 bits per heavy atom. The van der Waals surface area contributed by atoms with Gasteiger partial charge in [-0.1, -0.05) is 18.2 Å². The third kappa shape index (κ3) is 3.36. The standard InChI is InChI=1S/C22H28N2O2/c1-15-14-26-11-10-24(15)20-7-6-17-12-19(5-4-18(17)13-20)21-8-9-22(25-3)23-16(21)2/h4-5,8-9,12,15,20H,6-7,10-11,13-14H2,1-3H3. The normalized spacial score (nSPS) is 23.5. The summed E-state index contributed by atoms with van der Waals surface area (Å²) in [5.74, 6) is 0.673. The number of aromatic nitrogens is 1. The number of morpholine rings is 1. The lowest BCUT2D eigenvalue weighted by atomic mass is 9.85. The summed E-state index contributed by atoms with van der Waals surface area (Å²) >= 11 is 0. The molecule has 0 N–H and O–H groups in total. The van der Waals surface area contributed by atoms with Crippen molar-refractivity contribution in [1.29, 1.82) is 0 Å². The van der Waals surface area contributed by atoms with Crippen molar-refractivity contribution in [3.05, 3.63) is 47.2 Å². The molecule has 1 saturated heterocycles. The number of hydrogen-bond acceptors (Lipinski definition) is 4. The summed E-state index contributed by atoms with van der Waals surface area (Å²) in [4.78, 5) is 7.17. The lowest BCUT2D eigenvalue weighted by Crippen LogP contribution is -2.51. The second kappa shape index (κ2) is 7.37. The van der Waals surface area contributed by atoms with E-state index in [2.05, 4.69) is 41.1 Å². The fraction of sp³-hybridized carbons (Fsp3) is 0.500. The minimum absolute atomic E-state index is 0.530. The molecule has 2 aliphatic rings. The predicted molar refractivity (Wildman–Crippen MR) is 104 cm³/mol. The van der Waals surface area contributed by atoms with E-state index in [-0.39, 0.29) is 0 Å². The molecular formula is C22H28N2O2. The van der Waals surface area contributed by atoms with Gasteiger partial charge in [-0.15, -0.1) is 0 Å². The van der Waals surface area contributed by atoms with Crippen molar-refractivity contribution in [2.45, 2.75) is 45.2 Å². The van der Waals surface area contributed by atoms with Crippen LogP contribution in [0, 0.1) is 6.92 Å². The van der Waals surface area contributed by atoms with E-state index >= 15 is 0 Å². The van der Waals surface area contributed by atoms with Gasteiger partial charge in [-0.2, -0.15) is 0 Å². The second-order valence-corrected chi connectivity index (χ2v) is 7.53. The molecule has 0 radical (unpaired) electrons. The molecule has 2 heterocycles. The first-order valence-electron chi connectivity index (χ1n) is 9.63. The van der Waals surface area contributed by atoms with E-state index in [1.54, 1.807) is 7.11 Å². The number of rotatable bonds is 3. The Hall–Kier alpha value is -1.91. The fourth-order valence-corrected chi connectivity index (χ4v) is 4.43. The van der Waals surface area contributed by atoms with Gasteiger partial charge in [0.25, 0.3) is 0 Å². The number of ether oxygens (including phenoxy) is 2. The summed E-state index contributed by atoms with van der Waals surface area (Å²) in [6, 6.07) is 12.2. The van der Waals surface area contributed by atoms with Crippen LogP contribution < -0.4 is 4.74 Å². The average molecular weight is 352 g/mol. The van der Waals surface area contributed by atoms with Crippen molar-refractivity contribution >= 4 is 0 Å². The van der Waals surface area contributed by atoms with E-state index in [0.717, 1.165) is 38.3 Å². The smallest absolute Gasteiger partial charge is 0.213 e. The van der Waals surface area contributed by atoms with Crippen LogP contribution in [0.3, 0.4) is 0 Å². The minimum Gasteiger partial charge on any atom is -0.481 e. The molecule has 0 spiro atoms. The Morgan fingerprint density at radius 2 is 2.08 bits per heavy atom. The highest BCUT2D eigenvalue weighted by molar-refractivity contribution is 5.67. The SMILES string of the molecule is COc1ccc(-c2ccc3c(c2)CCC(N2CCOCC2C)C3)c(C)n1. The van der Waals surface area contributed by atoms with E-state index in [1.807, 2.05) is 13.0 Å². The molecule has 4 heteroatoms. The molecule has 1 aromatic heterocycles. The maximum Gasteiger partial charge on any atom is 0.213 e. The van der Waals surface area contributed by atoms with Gasteiger partial charge in [0.15, 0.2) is 0 Å². The topological polar surface area (TPSA) is 34.6 Å². The van der Waals surface area contributed by atoms with Gasteiger partial charge in [-0.3, -0.25) is 4.90 Å². The van der Waals surface area contributed by atoms with E-state index in [4.69, 9.17) is 9.47 Å². The van der Waals surface area contributed by atoms with Crippen LogP contribution in [0.1, 0.15) is 30.2 Å². The molecule has 4 nitrogen and oxygen atoms in total. The summed E-state index contributed by atoms with van der Waals surface area (Å²) < 4.78 is 10.8. The first-order valence-corrected chi connectivity index (χ1v) is 9.63. The van der Waals surface area contributed by atoms with Gasteiger partial charge >= 0.3 is 0 Å². The van der Waals surface area contributed by atoms with E-state index in [9.17, 15) is 0 Å². The molecule has 138 valence electrons. The summed E-state index contributed by atoms with van der Waals surface area (Å²) in [5.41, 5.74) is 6.46. The molecule has 1 fully saturated rings. The minimum atomic E-state index is 0.530. The van der Waals surface area contributed by atoms with Crippen molar-refractivity contribution in [3.8, 4) is 17.0 Å². The number of pyridine rings is 1. The third-order valence-electron chi connectivity index (χ3n) is 5.88. The fourth-order valence-electron chi connectivity index (χ4n) is 4.43. The Morgan fingerprint density at radius 1 is 1.19 bits per heavy atom. The van der Waals surface area contributed by atoms with E-state index < -0.39 is 0 Å². The molecule has 2 unspecified atom stereocenters. The largest absolute Gasteiger partial charge is 0.481 e. The zero-order chi connectivity index (χ0) is 18.1. The maximum absolute atomic E-state index is 5.61. The first kappa shape index (κ1) is 17.5. The molecule has 2 atom stereocenters. The van der Waals surface area contributed by atoms with Crippen LogP contribution in [0.4, 0.5) is 0 Å². The van der Waals surface area contributed by atoms with Crippen molar-refractivity contribution in [2.24, 2.45) is 0 Å². The molecule has 26 heavy (non-hydrogen) atoms. The molecule has 0 saturated carbocycles. The number of aryl methyl sites for hydroxylation is 2. The molecule has 1 aliphatic carbocycles. The zero-order valence-electron chi connectivity index (χ0n) is 16.0. The van der Waals surface area contributed by atoms with Crippen LogP contribution in [0.2, 0.25) is 0 Å². The highest BCUT2D eigenvalue weighted by Gasteiger charge is 2.29. The van der Waals surface area contributed by atoms with Gasteiger partial charge in [0.1, 0.15) is 0 Å². The monoisotopic (exact) mass is 352 g/mol. The van der Waals surface area contributed by atoms with Crippen LogP contribution in [-0.4, -0.2) is 48.8 Å². The van der Waals surface area contributed by atoms with Crippen molar-refractivity contribution in [1.82, 2.24) is 9.88 Å². The first-order chi connectivity index (χ1) is 12.7. The molecular weight excluding hydrogens is 324 g/mol. The van der Waals surface area contributed by atoms with Crippen molar-refractivity contribution in [3.63, 3.8) is 0 Å². The van der Waals surface area contributed by atoms with Gasteiger partial charge in [0.05, 0.1) is 20.3 Å². The molecule has 0 amide bonds. The summed E-state index contributed by atoms with van der Waals surface area (Å²) in [7, 11) is 1.66. The van der Waals surface area contributed by atoms with Crippen LogP contribution in [0.5, 0.6) is 5.88 Å². The Bertz CT molecular complexity index is 790. The number of fused-ring (bicyclic) bond motifs is 1. The van der Waals surface area contributed by atoms with Crippen molar-refractivity contribution in [2.75, 3.05) is 26.9 Å². The summed E-state index contributed by atoms with van der Waals surface area (Å²) in [6.45, 7) is 7.14. The lowest BCUT2D eigenvalue weighted by Gasteiger charge is -2.41. The molecule has 1 aromatic carbocycles. The molecule has 0 bridgehead atoms. The summed E-state index contributed by atoms with van der Waals surface area (Å²) in [6.07, 6.45) is 3.54. The van der Waals surface area contributed by atoms with Crippen LogP contribution >= 0.6 is 0 Å². The van der Waals surface area contributed by atoms with Gasteiger partial charge in [0, 0.05) is 36.0 Å². The lowest BCUT2D eigenvalue weighted by molar-refractivity contribution is -0.0245.